The van der Waals surface area contributed by atoms with E-state index in [0.29, 0.717) is 40.9 Å². The van der Waals surface area contributed by atoms with Gasteiger partial charge in [0.25, 0.3) is 5.24 Å². The predicted molar refractivity (Wildman–Crippen MR) is 95.3 cm³/mol. The van der Waals surface area contributed by atoms with Gasteiger partial charge in [0.15, 0.2) is 0 Å². The Morgan fingerprint density at radius 2 is 1.92 bits per heavy atom. The minimum atomic E-state index is -0.508. The van der Waals surface area contributed by atoms with Gasteiger partial charge in [-0.3, -0.25) is 4.79 Å². The fourth-order valence-corrected chi connectivity index (χ4v) is 2.65. The second-order valence-electron chi connectivity index (χ2n) is 5.32. The summed E-state index contributed by atoms with van der Waals surface area (Å²) in [5.41, 5.74) is 2.09. The van der Waals surface area contributed by atoms with E-state index in [2.05, 4.69) is 10.1 Å². The number of nitrogens with zero attached hydrogens (tertiary/aromatic N) is 2. The fraction of sp³-hybridized carbons (Fsp3) is 0.167. The molecular formula is C18H14Cl2N2O3. The Labute approximate surface area is 154 Å². The van der Waals surface area contributed by atoms with Crippen LogP contribution in [0.15, 0.2) is 47.0 Å². The molecule has 3 rings (SSSR count). The summed E-state index contributed by atoms with van der Waals surface area (Å²) in [7, 11) is 1.58. The van der Waals surface area contributed by atoms with Gasteiger partial charge < -0.3 is 9.26 Å². The summed E-state index contributed by atoms with van der Waals surface area (Å²) in [5, 5.41) is 4.12. The second kappa shape index (κ2) is 7.68. The van der Waals surface area contributed by atoms with Crippen LogP contribution in [0.3, 0.4) is 0 Å². The highest BCUT2D eigenvalue weighted by Gasteiger charge is 2.12. The first-order valence-electron chi connectivity index (χ1n) is 7.52. The predicted octanol–water partition coefficient (Wildman–Crippen LogP) is 4.56. The number of carbonyl (C=O) groups is 1. The molecular weight excluding hydrogens is 363 g/mol. The maximum Gasteiger partial charge on any atom is 0.252 e. The van der Waals surface area contributed by atoms with Gasteiger partial charge >= 0.3 is 0 Å². The van der Waals surface area contributed by atoms with Crippen LogP contribution in [0.5, 0.6) is 5.75 Å². The van der Waals surface area contributed by atoms with E-state index in [1.807, 2.05) is 12.1 Å². The van der Waals surface area contributed by atoms with Gasteiger partial charge in [-0.15, -0.1) is 0 Å². The van der Waals surface area contributed by atoms with Crippen molar-refractivity contribution in [3.8, 4) is 17.1 Å². The normalized spacial score (nSPS) is 10.7. The van der Waals surface area contributed by atoms with Gasteiger partial charge in [0, 0.05) is 22.6 Å². The number of ether oxygens (including phenoxy) is 1. The molecule has 0 spiro atoms. The van der Waals surface area contributed by atoms with Crippen molar-refractivity contribution in [2.75, 3.05) is 7.11 Å². The van der Waals surface area contributed by atoms with Crippen LogP contribution in [0.4, 0.5) is 0 Å². The fourth-order valence-electron chi connectivity index (χ4n) is 2.41. The molecule has 0 bridgehead atoms. The van der Waals surface area contributed by atoms with Crippen molar-refractivity contribution in [3.63, 3.8) is 0 Å². The Morgan fingerprint density at radius 3 is 2.60 bits per heavy atom. The molecule has 0 atom stereocenters. The maximum absolute atomic E-state index is 11.3. The molecule has 0 N–H and O–H groups in total. The highest BCUT2D eigenvalue weighted by molar-refractivity contribution is 6.67. The smallest absolute Gasteiger partial charge is 0.252 e. The molecule has 5 nitrogen and oxygen atoms in total. The zero-order valence-electron chi connectivity index (χ0n) is 13.3. The maximum atomic E-state index is 11.3. The molecule has 1 heterocycles. The molecule has 0 saturated heterocycles. The van der Waals surface area contributed by atoms with E-state index in [1.165, 1.54) is 0 Å². The molecule has 0 aliphatic rings. The second-order valence-corrected chi connectivity index (χ2v) is 6.10. The molecule has 128 valence electrons. The van der Waals surface area contributed by atoms with Crippen LogP contribution in [0.2, 0.25) is 5.02 Å². The SMILES string of the molecule is COc1ccc(C(=O)Cl)cc1CCc1nc(-c2ccc(Cl)cc2)no1. The standard InChI is InChI=1S/C18H14Cl2N2O3/c1-24-15-8-4-13(17(20)23)10-12(15)5-9-16-21-18(22-25-16)11-2-6-14(19)7-3-11/h2-4,6-8,10H,5,9H2,1H3. The summed E-state index contributed by atoms with van der Waals surface area (Å²) >= 11 is 11.4. The zero-order chi connectivity index (χ0) is 17.8. The number of hydrogen-bond donors (Lipinski definition) is 0. The number of halogens is 2. The molecule has 0 aliphatic heterocycles. The lowest BCUT2D eigenvalue weighted by molar-refractivity contribution is 0.108. The third-order valence-corrected chi connectivity index (χ3v) is 4.16. The van der Waals surface area contributed by atoms with Crippen LogP contribution in [0.1, 0.15) is 21.8 Å². The molecule has 0 radical (unpaired) electrons. The molecule has 0 amide bonds. The number of aromatic nitrogens is 2. The van der Waals surface area contributed by atoms with Crippen molar-refractivity contribution >= 4 is 28.4 Å². The largest absolute Gasteiger partial charge is 0.496 e. The van der Waals surface area contributed by atoms with Gasteiger partial charge in [-0.1, -0.05) is 16.8 Å². The van der Waals surface area contributed by atoms with E-state index in [0.717, 1.165) is 11.1 Å². The number of benzene rings is 2. The number of carbonyl (C=O) groups excluding carboxylic acids is 1. The van der Waals surface area contributed by atoms with Crippen molar-refractivity contribution in [1.29, 1.82) is 0 Å². The van der Waals surface area contributed by atoms with Gasteiger partial charge in [-0.2, -0.15) is 4.98 Å². The molecule has 3 aromatic rings. The molecule has 1 aromatic heterocycles. The lowest BCUT2D eigenvalue weighted by Crippen LogP contribution is -1.99. The van der Waals surface area contributed by atoms with Crippen molar-refractivity contribution in [2.24, 2.45) is 0 Å². The van der Waals surface area contributed by atoms with Gasteiger partial charge in [-0.05, 0) is 66.0 Å². The molecule has 25 heavy (non-hydrogen) atoms. The molecule has 7 heteroatoms. The molecule has 2 aromatic carbocycles. The van der Waals surface area contributed by atoms with Crippen LogP contribution in [0, 0.1) is 0 Å². The van der Waals surface area contributed by atoms with E-state index in [4.69, 9.17) is 32.5 Å². The Balaban J connectivity index is 1.75. The van der Waals surface area contributed by atoms with Gasteiger partial charge in [0.1, 0.15) is 5.75 Å². The summed E-state index contributed by atoms with van der Waals surface area (Å²) < 4.78 is 10.6. The van der Waals surface area contributed by atoms with E-state index < -0.39 is 5.24 Å². The molecule has 0 saturated carbocycles. The quantitative estimate of drug-likeness (QED) is 0.589. The van der Waals surface area contributed by atoms with Gasteiger partial charge in [0.05, 0.1) is 7.11 Å². The van der Waals surface area contributed by atoms with Crippen LogP contribution in [-0.4, -0.2) is 22.5 Å². The molecule has 0 fully saturated rings. The summed E-state index contributed by atoms with van der Waals surface area (Å²) in [6.07, 6.45) is 1.08. The summed E-state index contributed by atoms with van der Waals surface area (Å²) in [6, 6.07) is 12.3. The third kappa shape index (κ3) is 4.18. The number of methoxy groups -OCH3 is 1. The van der Waals surface area contributed by atoms with Crippen LogP contribution >= 0.6 is 23.2 Å². The van der Waals surface area contributed by atoms with Crippen LogP contribution in [-0.2, 0) is 12.8 Å². The lowest BCUT2D eigenvalue weighted by Gasteiger charge is -2.08. The Hall–Kier alpha value is -2.37. The average molecular weight is 377 g/mol. The van der Waals surface area contributed by atoms with Crippen LogP contribution < -0.4 is 4.74 Å². The minimum Gasteiger partial charge on any atom is -0.496 e. The van der Waals surface area contributed by atoms with E-state index in [9.17, 15) is 4.79 Å². The topological polar surface area (TPSA) is 65.2 Å². The zero-order valence-corrected chi connectivity index (χ0v) is 14.8. The van der Waals surface area contributed by atoms with Crippen molar-refractivity contribution in [2.45, 2.75) is 12.8 Å². The highest BCUT2D eigenvalue weighted by atomic mass is 35.5. The first-order valence-corrected chi connectivity index (χ1v) is 8.27. The molecule has 0 aliphatic carbocycles. The van der Waals surface area contributed by atoms with Crippen molar-refractivity contribution < 1.29 is 14.1 Å². The Morgan fingerprint density at radius 1 is 1.16 bits per heavy atom. The summed E-state index contributed by atoms with van der Waals surface area (Å²) in [6.45, 7) is 0. The highest BCUT2D eigenvalue weighted by Crippen LogP contribution is 2.23. The van der Waals surface area contributed by atoms with E-state index >= 15 is 0 Å². The van der Waals surface area contributed by atoms with E-state index in [-0.39, 0.29) is 0 Å². The number of rotatable bonds is 6. The Bertz CT molecular complexity index is 892. The van der Waals surface area contributed by atoms with E-state index in [1.54, 1.807) is 37.4 Å². The monoisotopic (exact) mass is 376 g/mol. The van der Waals surface area contributed by atoms with Crippen molar-refractivity contribution in [1.82, 2.24) is 10.1 Å². The Kier molecular flexibility index (Phi) is 5.36. The molecule has 0 unspecified atom stereocenters. The number of hydrogen-bond acceptors (Lipinski definition) is 5. The lowest BCUT2D eigenvalue weighted by atomic mass is 10.1. The van der Waals surface area contributed by atoms with Crippen molar-refractivity contribution in [3.05, 3.63) is 64.5 Å². The first-order chi connectivity index (χ1) is 12.1. The summed E-state index contributed by atoms with van der Waals surface area (Å²) in [5.74, 6) is 1.68. The van der Waals surface area contributed by atoms with Crippen LogP contribution in [0.25, 0.3) is 11.4 Å². The summed E-state index contributed by atoms with van der Waals surface area (Å²) in [4.78, 5) is 15.7. The first kappa shape index (κ1) is 17.5. The van der Waals surface area contributed by atoms with Gasteiger partial charge in [-0.25, -0.2) is 0 Å². The minimum absolute atomic E-state index is 0.421. The number of aryl methyl sites for hydroxylation is 2. The third-order valence-electron chi connectivity index (χ3n) is 3.69. The van der Waals surface area contributed by atoms with Gasteiger partial charge in [0.2, 0.25) is 11.7 Å². The average Bonchev–Trinajstić information content (AvgIpc) is 3.09.